The zero-order valence-corrected chi connectivity index (χ0v) is 13.4. The lowest BCUT2D eigenvalue weighted by Crippen LogP contribution is -2.07. The van der Waals surface area contributed by atoms with Gasteiger partial charge in [0.05, 0.1) is 17.7 Å². The third kappa shape index (κ3) is 3.90. The molecule has 0 saturated heterocycles. The lowest BCUT2D eigenvalue weighted by Gasteiger charge is -2.07. The van der Waals surface area contributed by atoms with Gasteiger partial charge in [0, 0.05) is 9.79 Å². The topological polar surface area (TPSA) is 50.1 Å². The Morgan fingerprint density at radius 2 is 1.82 bits per heavy atom. The fourth-order valence-electron chi connectivity index (χ4n) is 1.99. The van der Waals surface area contributed by atoms with Crippen LogP contribution in [0.2, 0.25) is 0 Å². The summed E-state index contributed by atoms with van der Waals surface area (Å²) in [5, 5.41) is 9.11. The van der Waals surface area contributed by atoms with Crippen molar-refractivity contribution in [2.45, 2.75) is 30.1 Å². The van der Waals surface area contributed by atoms with Crippen LogP contribution in [-0.4, -0.2) is 12.6 Å². The van der Waals surface area contributed by atoms with Gasteiger partial charge in [-0.25, -0.2) is 4.79 Å². The van der Waals surface area contributed by atoms with Gasteiger partial charge in [-0.05, 0) is 49.2 Å². The summed E-state index contributed by atoms with van der Waals surface area (Å²) in [6, 6.07) is 15.6. The van der Waals surface area contributed by atoms with Crippen molar-refractivity contribution < 1.29 is 9.53 Å². The van der Waals surface area contributed by atoms with E-state index >= 15 is 0 Å². The maximum atomic E-state index is 11.9. The van der Waals surface area contributed by atoms with Gasteiger partial charge in [-0.1, -0.05) is 30.8 Å². The molecule has 0 aromatic heterocycles. The van der Waals surface area contributed by atoms with Gasteiger partial charge in [0.1, 0.15) is 6.07 Å². The summed E-state index contributed by atoms with van der Waals surface area (Å²) >= 11 is 1.56. The van der Waals surface area contributed by atoms with Gasteiger partial charge in [-0.3, -0.25) is 0 Å². The van der Waals surface area contributed by atoms with Crippen LogP contribution in [-0.2, 0) is 11.2 Å². The summed E-state index contributed by atoms with van der Waals surface area (Å²) in [5.74, 6) is -0.456. The largest absolute Gasteiger partial charge is 0.462 e. The molecule has 0 aliphatic rings. The second-order valence-electron chi connectivity index (χ2n) is 4.64. The molecular formula is C18H17NO2S. The molecule has 0 N–H and O–H groups in total. The summed E-state index contributed by atoms with van der Waals surface area (Å²) < 4.78 is 5.01. The van der Waals surface area contributed by atoms with Crippen molar-refractivity contribution in [2.24, 2.45) is 0 Å². The van der Waals surface area contributed by atoms with Crippen LogP contribution >= 0.6 is 11.8 Å². The van der Waals surface area contributed by atoms with Crippen molar-refractivity contribution in [1.29, 1.82) is 5.26 Å². The molecule has 0 fully saturated rings. The van der Waals surface area contributed by atoms with Crippen molar-refractivity contribution >= 4 is 17.7 Å². The molecule has 0 unspecified atom stereocenters. The highest BCUT2D eigenvalue weighted by Crippen LogP contribution is 2.29. The van der Waals surface area contributed by atoms with E-state index in [4.69, 9.17) is 10.00 Å². The maximum absolute atomic E-state index is 11.9. The molecule has 0 aliphatic carbocycles. The van der Waals surface area contributed by atoms with E-state index in [0.717, 1.165) is 16.2 Å². The summed E-state index contributed by atoms with van der Waals surface area (Å²) in [4.78, 5) is 13.9. The monoisotopic (exact) mass is 311 g/mol. The number of carbonyl (C=O) groups is 1. The lowest BCUT2D eigenvalue weighted by atomic mass is 10.1. The molecule has 112 valence electrons. The van der Waals surface area contributed by atoms with Crippen molar-refractivity contribution in [1.82, 2.24) is 0 Å². The van der Waals surface area contributed by atoms with E-state index in [0.29, 0.717) is 17.7 Å². The van der Waals surface area contributed by atoms with E-state index in [1.54, 1.807) is 30.8 Å². The van der Waals surface area contributed by atoms with E-state index < -0.39 is 5.97 Å². The van der Waals surface area contributed by atoms with Crippen LogP contribution in [0.3, 0.4) is 0 Å². The van der Waals surface area contributed by atoms with E-state index in [-0.39, 0.29) is 0 Å². The number of rotatable bonds is 5. The summed E-state index contributed by atoms with van der Waals surface area (Å²) in [6.45, 7) is 4.16. The first-order chi connectivity index (χ1) is 10.7. The second kappa shape index (κ2) is 7.67. The van der Waals surface area contributed by atoms with Gasteiger partial charge in [0.25, 0.3) is 0 Å². The second-order valence-corrected chi connectivity index (χ2v) is 5.79. The number of hydrogen-bond donors (Lipinski definition) is 0. The smallest absolute Gasteiger partial charge is 0.339 e. The molecule has 0 atom stereocenters. The van der Waals surface area contributed by atoms with Crippen molar-refractivity contribution in [3.63, 3.8) is 0 Å². The molecule has 0 heterocycles. The average Bonchev–Trinajstić information content (AvgIpc) is 2.55. The first-order valence-electron chi connectivity index (χ1n) is 7.16. The Balaban J connectivity index is 2.26. The van der Waals surface area contributed by atoms with Crippen LogP contribution < -0.4 is 0 Å². The molecule has 2 aromatic carbocycles. The molecule has 0 amide bonds. The Bertz CT molecular complexity index is 702. The number of benzene rings is 2. The number of nitrogens with zero attached hydrogens (tertiary/aromatic N) is 1. The molecule has 0 bridgehead atoms. The van der Waals surface area contributed by atoms with E-state index in [9.17, 15) is 4.79 Å². The number of nitriles is 1. The summed E-state index contributed by atoms with van der Waals surface area (Å²) in [6.07, 6.45) is 1.01. The Hall–Kier alpha value is -2.25. The quantitative estimate of drug-likeness (QED) is 0.766. The van der Waals surface area contributed by atoms with Crippen LogP contribution in [0.4, 0.5) is 0 Å². The minimum atomic E-state index is -0.456. The minimum Gasteiger partial charge on any atom is -0.462 e. The van der Waals surface area contributed by atoms with Crippen LogP contribution in [0, 0.1) is 11.3 Å². The van der Waals surface area contributed by atoms with Crippen molar-refractivity contribution in [2.75, 3.05) is 6.61 Å². The van der Waals surface area contributed by atoms with Crippen LogP contribution in [0.25, 0.3) is 0 Å². The molecule has 22 heavy (non-hydrogen) atoms. The molecule has 0 radical (unpaired) electrons. The third-order valence-corrected chi connectivity index (χ3v) is 4.17. The average molecular weight is 311 g/mol. The highest BCUT2D eigenvalue weighted by Gasteiger charge is 2.13. The molecule has 0 aliphatic heterocycles. The van der Waals surface area contributed by atoms with Gasteiger partial charge in [0.2, 0.25) is 0 Å². The molecule has 4 heteroatoms. The minimum absolute atomic E-state index is 0.291. The Kier molecular flexibility index (Phi) is 5.62. The summed E-state index contributed by atoms with van der Waals surface area (Å²) in [7, 11) is 0. The molecule has 2 rings (SSSR count). The van der Waals surface area contributed by atoms with Gasteiger partial charge < -0.3 is 4.74 Å². The zero-order valence-electron chi connectivity index (χ0n) is 12.6. The highest BCUT2D eigenvalue weighted by molar-refractivity contribution is 7.99. The van der Waals surface area contributed by atoms with Crippen LogP contribution in [0.5, 0.6) is 0 Å². The number of esters is 1. The summed E-state index contributed by atoms with van der Waals surface area (Å²) in [5.41, 5.74) is 1.94. The Morgan fingerprint density at radius 3 is 2.41 bits per heavy atom. The predicted molar refractivity (Wildman–Crippen MR) is 87.1 cm³/mol. The number of ether oxygens (including phenoxy) is 1. The van der Waals surface area contributed by atoms with E-state index in [2.05, 4.69) is 31.2 Å². The number of aryl methyl sites for hydroxylation is 1. The standard InChI is InChI=1S/C18H17NO2S/c1-3-13-5-8-15(9-6-13)22-16-10-7-14(12-19)17(11-16)18(20)21-4-2/h5-11H,3-4H2,1-2H3. The fraction of sp³-hybridized carbons (Fsp3) is 0.222. The van der Waals surface area contributed by atoms with Crippen molar-refractivity contribution in [3.05, 3.63) is 59.2 Å². The molecular weight excluding hydrogens is 294 g/mol. The maximum Gasteiger partial charge on any atom is 0.339 e. The third-order valence-electron chi connectivity index (χ3n) is 3.17. The number of hydrogen-bond acceptors (Lipinski definition) is 4. The lowest BCUT2D eigenvalue weighted by molar-refractivity contribution is 0.0525. The first-order valence-corrected chi connectivity index (χ1v) is 7.97. The van der Waals surface area contributed by atoms with E-state index in [1.165, 1.54) is 5.56 Å². The fourth-order valence-corrected chi connectivity index (χ4v) is 2.85. The molecule has 2 aromatic rings. The van der Waals surface area contributed by atoms with Gasteiger partial charge in [-0.2, -0.15) is 5.26 Å². The van der Waals surface area contributed by atoms with Crippen molar-refractivity contribution in [3.8, 4) is 6.07 Å². The highest BCUT2D eigenvalue weighted by atomic mass is 32.2. The van der Waals surface area contributed by atoms with Gasteiger partial charge in [0.15, 0.2) is 0 Å². The van der Waals surface area contributed by atoms with Crippen LogP contribution in [0.15, 0.2) is 52.3 Å². The molecule has 3 nitrogen and oxygen atoms in total. The zero-order chi connectivity index (χ0) is 15.9. The van der Waals surface area contributed by atoms with Gasteiger partial charge >= 0.3 is 5.97 Å². The van der Waals surface area contributed by atoms with Gasteiger partial charge in [-0.15, -0.1) is 0 Å². The molecule has 0 saturated carbocycles. The predicted octanol–water partition coefficient (Wildman–Crippen LogP) is 4.45. The SMILES string of the molecule is CCOC(=O)c1cc(Sc2ccc(CC)cc2)ccc1C#N. The van der Waals surface area contributed by atoms with Crippen LogP contribution in [0.1, 0.15) is 35.3 Å². The van der Waals surface area contributed by atoms with E-state index in [1.807, 2.05) is 12.1 Å². The normalized spacial score (nSPS) is 10.0. The Morgan fingerprint density at radius 1 is 1.14 bits per heavy atom. The Labute approximate surface area is 134 Å². The first kappa shape index (κ1) is 16.1. The number of carbonyl (C=O) groups excluding carboxylic acids is 1. The molecule has 0 spiro atoms.